The summed E-state index contributed by atoms with van der Waals surface area (Å²) in [6, 6.07) is 3.33. The Balaban J connectivity index is 2.34. The van der Waals surface area contributed by atoms with Gasteiger partial charge in [0.15, 0.2) is 0 Å². The van der Waals surface area contributed by atoms with Gasteiger partial charge in [0.25, 0.3) is 0 Å². The van der Waals surface area contributed by atoms with Crippen LogP contribution in [0.2, 0.25) is 0 Å². The van der Waals surface area contributed by atoms with Gasteiger partial charge in [-0.25, -0.2) is 4.79 Å². The standard InChI is InChI=1S/C12H10F3NO2/c1-11(16-7-17)5-8-2-3-9(12(13,14)15)4-10(8)18-6-11/h2-4H,5-6H2,1H3. The third-order valence-electron chi connectivity index (χ3n) is 2.82. The van der Waals surface area contributed by atoms with Gasteiger partial charge < -0.3 is 4.74 Å². The van der Waals surface area contributed by atoms with Gasteiger partial charge in [-0.05, 0) is 24.6 Å². The van der Waals surface area contributed by atoms with Crippen LogP contribution in [-0.2, 0) is 17.4 Å². The Labute approximate surface area is 101 Å². The first-order valence-corrected chi connectivity index (χ1v) is 5.26. The predicted octanol–water partition coefficient (Wildman–Crippen LogP) is 2.73. The average Bonchev–Trinajstić information content (AvgIpc) is 2.27. The molecule has 1 aliphatic rings. The lowest BCUT2D eigenvalue weighted by molar-refractivity contribution is -0.137. The van der Waals surface area contributed by atoms with Gasteiger partial charge in [0.1, 0.15) is 17.9 Å². The number of alkyl halides is 3. The number of aliphatic imine (C=N–C) groups is 1. The van der Waals surface area contributed by atoms with Crippen LogP contribution in [0.15, 0.2) is 23.2 Å². The molecule has 3 nitrogen and oxygen atoms in total. The molecule has 1 aromatic rings. The largest absolute Gasteiger partial charge is 0.491 e. The average molecular weight is 257 g/mol. The lowest BCUT2D eigenvalue weighted by Crippen LogP contribution is -2.36. The van der Waals surface area contributed by atoms with E-state index in [1.165, 1.54) is 12.1 Å². The molecule has 0 aliphatic carbocycles. The smallest absolute Gasteiger partial charge is 0.416 e. The SMILES string of the molecule is CC1(N=C=O)COc2cc(C(F)(F)F)ccc2C1. The molecule has 2 rings (SSSR count). The molecule has 0 bridgehead atoms. The topological polar surface area (TPSA) is 38.7 Å². The highest BCUT2D eigenvalue weighted by Gasteiger charge is 2.35. The number of isocyanates is 1. The molecule has 18 heavy (non-hydrogen) atoms. The molecule has 0 aromatic heterocycles. The molecule has 0 radical (unpaired) electrons. The molecule has 0 amide bonds. The second-order valence-corrected chi connectivity index (χ2v) is 4.49. The van der Waals surface area contributed by atoms with Crippen LogP contribution in [0.4, 0.5) is 13.2 Å². The zero-order chi connectivity index (χ0) is 13.4. The molecular formula is C12H10F3NO2. The highest BCUT2D eigenvalue weighted by molar-refractivity contribution is 5.43. The Kier molecular flexibility index (Phi) is 2.91. The van der Waals surface area contributed by atoms with Crippen molar-refractivity contribution >= 4 is 6.08 Å². The van der Waals surface area contributed by atoms with Gasteiger partial charge >= 0.3 is 6.18 Å². The minimum absolute atomic E-state index is 0.0660. The maximum atomic E-state index is 12.5. The molecule has 1 aliphatic heterocycles. The minimum Gasteiger partial charge on any atom is -0.491 e. The molecule has 1 aromatic carbocycles. The highest BCUT2D eigenvalue weighted by Crippen LogP contribution is 2.37. The predicted molar refractivity (Wildman–Crippen MR) is 57.2 cm³/mol. The number of hydrogen-bond donors (Lipinski definition) is 0. The van der Waals surface area contributed by atoms with E-state index >= 15 is 0 Å². The van der Waals surface area contributed by atoms with Gasteiger partial charge in [0.2, 0.25) is 6.08 Å². The zero-order valence-electron chi connectivity index (χ0n) is 9.54. The van der Waals surface area contributed by atoms with Crippen LogP contribution in [0.3, 0.4) is 0 Å². The first-order chi connectivity index (χ1) is 8.34. The van der Waals surface area contributed by atoms with E-state index in [1.54, 1.807) is 6.92 Å². The van der Waals surface area contributed by atoms with Crippen molar-refractivity contribution in [3.05, 3.63) is 29.3 Å². The molecule has 6 heteroatoms. The molecule has 1 atom stereocenters. The summed E-state index contributed by atoms with van der Waals surface area (Å²) in [5, 5.41) is 0. The first-order valence-electron chi connectivity index (χ1n) is 5.26. The van der Waals surface area contributed by atoms with E-state index < -0.39 is 17.3 Å². The van der Waals surface area contributed by atoms with E-state index in [-0.39, 0.29) is 12.4 Å². The van der Waals surface area contributed by atoms with Gasteiger partial charge in [-0.3, -0.25) is 0 Å². The van der Waals surface area contributed by atoms with E-state index in [0.717, 1.165) is 12.1 Å². The van der Waals surface area contributed by atoms with Crippen LogP contribution >= 0.6 is 0 Å². The molecule has 1 unspecified atom stereocenters. The minimum atomic E-state index is -4.39. The Morgan fingerprint density at radius 1 is 1.44 bits per heavy atom. The summed E-state index contributed by atoms with van der Waals surface area (Å²) in [5.74, 6) is 0.198. The third-order valence-corrected chi connectivity index (χ3v) is 2.82. The van der Waals surface area contributed by atoms with Gasteiger partial charge in [-0.1, -0.05) is 6.07 Å². The summed E-state index contributed by atoms with van der Waals surface area (Å²) >= 11 is 0. The van der Waals surface area contributed by atoms with Crippen molar-refractivity contribution in [2.45, 2.75) is 25.1 Å². The fourth-order valence-electron chi connectivity index (χ4n) is 1.89. The van der Waals surface area contributed by atoms with E-state index in [0.29, 0.717) is 12.0 Å². The maximum Gasteiger partial charge on any atom is 0.416 e. The summed E-state index contributed by atoms with van der Waals surface area (Å²) in [6.45, 7) is 1.76. The number of nitrogens with zero attached hydrogens (tertiary/aromatic N) is 1. The van der Waals surface area contributed by atoms with Gasteiger partial charge in [0, 0.05) is 6.42 Å². The van der Waals surface area contributed by atoms with Crippen LogP contribution in [0.5, 0.6) is 5.75 Å². The van der Waals surface area contributed by atoms with Crippen molar-refractivity contribution < 1.29 is 22.7 Å². The Morgan fingerprint density at radius 3 is 2.78 bits per heavy atom. The summed E-state index contributed by atoms with van der Waals surface area (Å²) in [6.07, 6.45) is -2.57. The summed E-state index contributed by atoms with van der Waals surface area (Å²) in [5.41, 5.74) is -0.895. The Morgan fingerprint density at radius 2 is 2.17 bits per heavy atom. The zero-order valence-corrected chi connectivity index (χ0v) is 9.54. The second-order valence-electron chi connectivity index (χ2n) is 4.49. The number of ether oxygens (including phenoxy) is 1. The van der Waals surface area contributed by atoms with E-state index in [1.807, 2.05) is 0 Å². The highest BCUT2D eigenvalue weighted by atomic mass is 19.4. The monoisotopic (exact) mass is 257 g/mol. The fourth-order valence-corrected chi connectivity index (χ4v) is 1.89. The van der Waals surface area contributed by atoms with E-state index in [2.05, 4.69) is 4.99 Å². The first kappa shape index (κ1) is 12.6. The maximum absolute atomic E-state index is 12.5. The number of carbonyl (C=O) groups excluding carboxylic acids is 1. The molecule has 0 spiro atoms. The Bertz CT molecular complexity index is 521. The number of hydrogen-bond acceptors (Lipinski definition) is 3. The number of halogens is 3. The van der Waals surface area contributed by atoms with Crippen molar-refractivity contribution in [1.82, 2.24) is 0 Å². The normalized spacial score (nSPS) is 22.7. The van der Waals surface area contributed by atoms with E-state index in [4.69, 9.17) is 4.74 Å². The quantitative estimate of drug-likeness (QED) is 0.573. The summed E-state index contributed by atoms with van der Waals surface area (Å²) < 4.78 is 42.8. The van der Waals surface area contributed by atoms with Crippen molar-refractivity contribution in [3.8, 4) is 5.75 Å². The van der Waals surface area contributed by atoms with Crippen LogP contribution in [0.25, 0.3) is 0 Å². The van der Waals surface area contributed by atoms with Crippen LogP contribution in [-0.4, -0.2) is 18.2 Å². The van der Waals surface area contributed by atoms with Gasteiger partial charge in [-0.2, -0.15) is 18.2 Å². The lowest BCUT2D eigenvalue weighted by atomic mass is 9.91. The number of benzene rings is 1. The molecular weight excluding hydrogens is 247 g/mol. The molecule has 0 saturated heterocycles. The van der Waals surface area contributed by atoms with Crippen LogP contribution in [0.1, 0.15) is 18.1 Å². The summed E-state index contributed by atoms with van der Waals surface area (Å²) in [7, 11) is 0. The molecule has 0 saturated carbocycles. The summed E-state index contributed by atoms with van der Waals surface area (Å²) in [4.78, 5) is 13.9. The third kappa shape index (κ3) is 2.38. The van der Waals surface area contributed by atoms with Crippen molar-refractivity contribution in [3.63, 3.8) is 0 Å². The molecule has 0 fully saturated rings. The Hall–Kier alpha value is -1.81. The van der Waals surface area contributed by atoms with Gasteiger partial charge in [-0.15, -0.1) is 0 Å². The molecule has 0 N–H and O–H groups in total. The van der Waals surface area contributed by atoms with Crippen molar-refractivity contribution in [2.24, 2.45) is 4.99 Å². The van der Waals surface area contributed by atoms with E-state index in [9.17, 15) is 18.0 Å². The molecule has 96 valence electrons. The molecule has 1 heterocycles. The lowest BCUT2D eigenvalue weighted by Gasteiger charge is -2.30. The second kappa shape index (κ2) is 4.14. The van der Waals surface area contributed by atoms with Crippen LogP contribution < -0.4 is 4.74 Å². The number of rotatable bonds is 1. The fraction of sp³-hybridized carbons (Fsp3) is 0.417. The van der Waals surface area contributed by atoms with Gasteiger partial charge in [0.05, 0.1) is 5.56 Å². The number of fused-ring (bicyclic) bond motifs is 1. The van der Waals surface area contributed by atoms with Crippen molar-refractivity contribution in [1.29, 1.82) is 0 Å². The van der Waals surface area contributed by atoms with Crippen molar-refractivity contribution in [2.75, 3.05) is 6.61 Å². The van der Waals surface area contributed by atoms with Crippen LogP contribution in [0, 0.1) is 0 Å².